The SMILES string of the molecule is CCCCOC(=O)c1ccc(N2C(=O)C(Nc3cc(C)ccc3OC)=C(Sc3ccc(C)cc3)C2=O)cc1. The Morgan fingerprint density at radius 2 is 1.61 bits per heavy atom. The molecule has 0 atom stereocenters. The van der Waals surface area contributed by atoms with Gasteiger partial charge in [0.15, 0.2) is 0 Å². The van der Waals surface area contributed by atoms with Gasteiger partial charge in [0.1, 0.15) is 16.4 Å². The summed E-state index contributed by atoms with van der Waals surface area (Å²) in [6.07, 6.45) is 1.71. The van der Waals surface area contributed by atoms with Crippen molar-refractivity contribution in [3.05, 3.63) is 94.0 Å². The van der Waals surface area contributed by atoms with E-state index in [-0.39, 0.29) is 10.6 Å². The van der Waals surface area contributed by atoms with Crippen LogP contribution in [0.3, 0.4) is 0 Å². The molecule has 0 fully saturated rings. The number of ether oxygens (including phenoxy) is 2. The van der Waals surface area contributed by atoms with E-state index in [1.54, 1.807) is 31.4 Å². The van der Waals surface area contributed by atoms with Gasteiger partial charge in [-0.15, -0.1) is 0 Å². The number of hydrogen-bond donors (Lipinski definition) is 1. The van der Waals surface area contributed by atoms with E-state index in [4.69, 9.17) is 9.47 Å². The molecule has 0 saturated carbocycles. The molecule has 3 aromatic carbocycles. The number of aryl methyl sites for hydroxylation is 2. The van der Waals surface area contributed by atoms with Gasteiger partial charge in [0.25, 0.3) is 11.8 Å². The highest BCUT2D eigenvalue weighted by Gasteiger charge is 2.40. The highest BCUT2D eigenvalue weighted by Crippen LogP contribution is 2.39. The number of esters is 1. The first-order valence-corrected chi connectivity index (χ1v) is 13.2. The first kappa shape index (κ1) is 27.0. The zero-order valence-corrected chi connectivity index (χ0v) is 22.7. The Hall–Kier alpha value is -4.04. The van der Waals surface area contributed by atoms with Crippen molar-refractivity contribution in [2.75, 3.05) is 23.9 Å². The number of nitrogens with one attached hydrogen (secondary N) is 1. The summed E-state index contributed by atoms with van der Waals surface area (Å²) in [6.45, 7) is 6.29. The average molecular weight is 531 g/mol. The summed E-state index contributed by atoms with van der Waals surface area (Å²) >= 11 is 1.22. The van der Waals surface area contributed by atoms with Crippen LogP contribution in [0, 0.1) is 13.8 Å². The van der Waals surface area contributed by atoms with Crippen molar-refractivity contribution in [1.82, 2.24) is 0 Å². The van der Waals surface area contributed by atoms with E-state index in [2.05, 4.69) is 5.32 Å². The summed E-state index contributed by atoms with van der Waals surface area (Å²) in [5.41, 5.74) is 3.52. The number of benzene rings is 3. The van der Waals surface area contributed by atoms with Gasteiger partial charge in [-0.3, -0.25) is 9.59 Å². The lowest BCUT2D eigenvalue weighted by atomic mass is 10.2. The molecule has 196 valence electrons. The van der Waals surface area contributed by atoms with E-state index in [1.807, 2.05) is 63.2 Å². The van der Waals surface area contributed by atoms with Crippen LogP contribution in [0.15, 0.2) is 82.2 Å². The van der Waals surface area contributed by atoms with Gasteiger partial charge in [-0.25, -0.2) is 9.69 Å². The zero-order chi connectivity index (χ0) is 27.2. The molecule has 1 aliphatic rings. The Labute approximate surface area is 226 Å². The third kappa shape index (κ3) is 5.92. The first-order chi connectivity index (χ1) is 18.3. The monoisotopic (exact) mass is 530 g/mol. The molecule has 0 radical (unpaired) electrons. The standard InChI is InChI=1S/C30H30N2O5S/c1-5-6-17-37-30(35)21-10-12-22(13-11-21)32-28(33)26(31-24-18-20(3)9-16-25(24)36-4)27(29(32)34)38-23-14-7-19(2)8-15-23/h7-16,18,31H,5-6,17H2,1-4H3. The molecular weight excluding hydrogens is 500 g/mol. The Morgan fingerprint density at radius 3 is 2.26 bits per heavy atom. The molecule has 7 nitrogen and oxygen atoms in total. The molecule has 0 aromatic heterocycles. The van der Waals surface area contributed by atoms with Crippen molar-refractivity contribution in [2.45, 2.75) is 38.5 Å². The van der Waals surface area contributed by atoms with Gasteiger partial charge < -0.3 is 14.8 Å². The van der Waals surface area contributed by atoms with Crippen LogP contribution in [0.4, 0.5) is 11.4 Å². The fourth-order valence-electron chi connectivity index (χ4n) is 3.87. The van der Waals surface area contributed by atoms with Crippen LogP contribution < -0.4 is 15.0 Å². The Balaban J connectivity index is 1.67. The van der Waals surface area contributed by atoms with Crippen molar-refractivity contribution in [1.29, 1.82) is 0 Å². The largest absolute Gasteiger partial charge is 0.495 e. The fraction of sp³-hybridized carbons (Fsp3) is 0.233. The molecule has 4 rings (SSSR count). The van der Waals surface area contributed by atoms with E-state index >= 15 is 0 Å². The van der Waals surface area contributed by atoms with Gasteiger partial charge in [0.2, 0.25) is 0 Å². The molecule has 0 spiro atoms. The third-order valence-corrected chi connectivity index (χ3v) is 7.08. The van der Waals surface area contributed by atoms with E-state index in [9.17, 15) is 14.4 Å². The molecular formula is C30H30N2O5S. The number of anilines is 2. The second-order valence-electron chi connectivity index (χ2n) is 8.93. The molecule has 1 heterocycles. The normalized spacial score (nSPS) is 13.2. The number of carbonyl (C=O) groups is 3. The first-order valence-electron chi connectivity index (χ1n) is 12.4. The summed E-state index contributed by atoms with van der Waals surface area (Å²) in [5, 5.41) is 3.17. The van der Waals surface area contributed by atoms with Crippen LogP contribution >= 0.6 is 11.8 Å². The molecule has 3 aromatic rings. The van der Waals surface area contributed by atoms with Crippen molar-refractivity contribution in [3.8, 4) is 5.75 Å². The predicted octanol–water partition coefficient (Wildman–Crippen LogP) is 6.26. The van der Waals surface area contributed by atoms with Crippen LogP contribution in [0.25, 0.3) is 0 Å². The van der Waals surface area contributed by atoms with Crippen LogP contribution in [0.5, 0.6) is 5.75 Å². The van der Waals surface area contributed by atoms with Crippen LogP contribution in [0.1, 0.15) is 41.3 Å². The molecule has 1 N–H and O–H groups in total. The maximum atomic E-state index is 13.7. The third-order valence-electron chi connectivity index (χ3n) is 5.99. The smallest absolute Gasteiger partial charge is 0.338 e. The number of methoxy groups -OCH3 is 1. The van der Waals surface area contributed by atoms with Gasteiger partial charge in [-0.1, -0.05) is 48.9 Å². The van der Waals surface area contributed by atoms with E-state index in [0.29, 0.717) is 29.3 Å². The van der Waals surface area contributed by atoms with E-state index < -0.39 is 17.8 Å². The molecule has 0 unspecified atom stereocenters. The molecule has 2 amide bonds. The topological polar surface area (TPSA) is 84.9 Å². The summed E-state index contributed by atoms with van der Waals surface area (Å²) in [7, 11) is 1.55. The lowest BCUT2D eigenvalue weighted by Gasteiger charge is -2.16. The lowest BCUT2D eigenvalue weighted by molar-refractivity contribution is -0.120. The van der Waals surface area contributed by atoms with E-state index in [0.717, 1.165) is 33.8 Å². The molecule has 38 heavy (non-hydrogen) atoms. The number of thioether (sulfide) groups is 1. The van der Waals surface area contributed by atoms with Crippen molar-refractivity contribution in [3.63, 3.8) is 0 Å². The average Bonchev–Trinajstić information content (AvgIpc) is 3.14. The lowest BCUT2D eigenvalue weighted by Crippen LogP contribution is -2.32. The Kier molecular flexibility index (Phi) is 8.53. The highest BCUT2D eigenvalue weighted by molar-refractivity contribution is 8.04. The number of hydrogen-bond acceptors (Lipinski definition) is 7. The minimum atomic E-state index is -0.494. The number of amides is 2. The van der Waals surface area contributed by atoms with Crippen LogP contribution in [-0.2, 0) is 14.3 Å². The van der Waals surface area contributed by atoms with Gasteiger partial charge in [-0.2, -0.15) is 0 Å². The molecule has 0 bridgehead atoms. The van der Waals surface area contributed by atoms with Crippen molar-refractivity contribution >= 4 is 40.9 Å². The summed E-state index contributed by atoms with van der Waals surface area (Å²) in [5.74, 6) is -0.835. The van der Waals surface area contributed by atoms with Gasteiger partial charge in [0, 0.05) is 4.90 Å². The molecule has 0 aliphatic carbocycles. The number of rotatable bonds is 10. The molecule has 8 heteroatoms. The Morgan fingerprint density at radius 1 is 0.921 bits per heavy atom. The molecule has 1 aliphatic heterocycles. The van der Waals surface area contributed by atoms with Crippen molar-refractivity contribution in [2.24, 2.45) is 0 Å². The minimum absolute atomic E-state index is 0.160. The summed E-state index contributed by atoms with van der Waals surface area (Å²) in [4.78, 5) is 41.9. The van der Waals surface area contributed by atoms with Gasteiger partial charge in [-0.05, 0) is 74.4 Å². The van der Waals surface area contributed by atoms with Crippen LogP contribution in [0.2, 0.25) is 0 Å². The quantitative estimate of drug-likeness (QED) is 0.188. The summed E-state index contributed by atoms with van der Waals surface area (Å²) in [6, 6.07) is 19.6. The maximum Gasteiger partial charge on any atom is 0.338 e. The zero-order valence-electron chi connectivity index (χ0n) is 21.9. The van der Waals surface area contributed by atoms with Crippen LogP contribution in [-0.4, -0.2) is 31.5 Å². The van der Waals surface area contributed by atoms with Gasteiger partial charge >= 0.3 is 5.97 Å². The molecule has 0 saturated heterocycles. The highest BCUT2D eigenvalue weighted by atomic mass is 32.2. The number of nitrogens with zero attached hydrogens (tertiary/aromatic N) is 1. The second-order valence-corrected chi connectivity index (χ2v) is 10.0. The van der Waals surface area contributed by atoms with Gasteiger partial charge in [0.05, 0.1) is 30.7 Å². The fourth-order valence-corrected chi connectivity index (χ4v) is 4.79. The van der Waals surface area contributed by atoms with E-state index in [1.165, 1.54) is 11.8 Å². The number of carbonyl (C=O) groups excluding carboxylic acids is 3. The second kappa shape index (κ2) is 12.0. The number of imide groups is 1. The summed E-state index contributed by atoms with van der Waals surface area (Å²) < 4.78 is 10.7. The minimum Gasteiger partial charge on any atom is -0.495 e. The predicted molar refractivity (Wildman–Crippen MR) is 150 cm³/mol. The number of unbranched alkanes of at least 4 members (excludes halogenated alkanes) is 1. The Bertz CT molecular complexity index is 1380. The van der Waals surface area contributed by atoms with Crippen molar-refractivity contribution < 1.29 is 23.9 Å². The maximum absolute atomic E-state index is 13.7.